The molecule has 2 aliphatic heterocycles. The standard InChI is InChI=1S/C27H20N4O7/c28-14-16-4-8-17(9-5-16)23-21-22(27(29-23,26(35)36)13-15-6-10-20(32)11-7-15)25(34)30(24(21)33)18-2-1-3-19(12-18)31(37)38/h1-12,21-23,29,32H,13H2,(H,35,36). The maximum absolute atomic E-state index is 13.9. The number of anilines is 1. The smallest absolute Gasteiger partial charge is 0.325 e. The summed E-state index contributed by atoms with van der Waals surface area (Å²) in [5.74, 6) is -5.32. The number of phenols is 1. The predicted octanol–water partition coefficient (Wildman–Crippen LogP) is 2.69. The number of aliphatic carboxylic acids is 1. The molecule has 11 nitrogen and oxygen atoms in total. The molecule has 2 amide bonds. The summed E-state index contributed by atoms with van der Waals surface area (Å²) in [6, 6.07) is 18.3. The largest absolute Gasteiger partial charge is 0.508 e. The molecule has 3 N–H and O–H groups in total. The predicted molar refractivity (Wildman–Crippen MR) is 132 cm³/mol. The number of carbonyl (C=O) groups is 3. The maximum atomic E-state index is 13.9. The van der Waals surface area contributed by atoms with Gasteiger partial charge in [0.05, 0.1) is 34.1 Å². The van der Waals surface area contributed by atoms with Crippen molar-refractivity contribution >= 4 is 29.2 Å². The minimum atomic E-state index is -1.91. The highest BCUT2D eigenvalue weighted by molar-refractivity contribution is 6.24. The van der Waals surface area contributed by atoms with Crippen molar-refractivity contribution in [3.8, 4) is 11.8 Å². The number of hydrogen-bond acceptors (Lipinski definition) is 8. The van der Waals surface area contributed by atoms with E-state index in [-0.39, 0.29) is 23.5 Å². The molecule has 2 aliphatic rings. The van der Waals surface area contributed by atoms with Crippen LogP contribution in [0, 0.1) is 33.3 Å². The molecule has 0 saturated carbocycles. The lowest BCUT2D eigenvalue weighted by Crippen LogP contribution is -2.57. The van der Waals surface area contributed by atoms with E-state index in [4.69, 9.17) is 5.26 Å². The number of phenolic OH excluding ortho intramolecular Hbond substituents is 1. The minimum absolute atomic E-state index is 0.0187. The summed E-state index contributed by atoms with van der Waals surface area (Å²) in [6.07, 6.45) is -0.182. The lowest BCUT2D eigenvalue weighted by atomic mass is 9.76. The molecule has 4 unspecified atom stereocenters. The zero-order valence-corrected chi connectivity index (χ0v) is 19.6. The quantitative estimate of drug-likeness (QED) is 0.255. The fraction of sp³-hybridized carbons (Fsp3) is 0.185. The molecule has 4 atom stereocenters. The van der Waals surface area contributed by atoms with E-state index in [0.717, 1.165) is 11.0 Å². The Morgan fingerprint density at radius 2 is 1.76 bits per heavy atom. The van der Waals surface area contributed by atoms with Crippen LogP contribution in [0.3, 0.4) is 0 Å². The van der Waals surface area contributed by atoms with Gasteiger partial charge in [0.25, 0.3) is 5.69 Å². The zero-order chi connectivity index (χ0) is 27.2. The second-order valence-corrected chi connectivity index (χ2v) is 9.27. The van der Waals surface area contributed by atoms with Crippen molar-refractivity contribution in [3.05, 3.63) is 99.6 Å². The van der Waals surface area contributed by atoms with E-state index in [0.29, 0.717) is 16.7 Å². The highest BCUT2D eigenvalue weighted by Crippen LogP contribution is 2.51. The molecule has 0 radical (unpaired) electrons. The van der Waals surface area contributed by atoms with Crippen LogP contribution in [0.2, 0.25) is 0 Å². The summed E-state index contributed by atoms with van der Waals surface area (Å²) in [6.45, 7) is 0. The lowest BCUT2D eigenvalue weighted by molar-refractivity contribution is -0.384. The molecule has 0 aromatic heterocycles. The van der Waals surface area contributed by atoms with Crippen LogP contribution in [0.15, 0.2) is 72.8 Å². The Morgan fingerprint density at radius 1 is 1.08 bits per heavy atom. The average Bonchev–Trinajstić information content (AvgIpc) is 3.39. The second kappa shape index (κ2) is 9.10. The Balaban J connectivity index is 1.65. The molecule has 3 aromatic carbocycles. The number of amides is 2. The van der Waals surface area contributed by atoms with Gasteiger partial charge in [-0.2, -0.15) is 5.26 Å². The van der Waals surface area contributed by atoms with E-state index in [1.165, 1.54) is 54.6 Å². The van der Waals surface area contributed by atoms with Crippen molar-refractivity contribution in [2.45, 2.75) is 18.0 Å². The van der Waals surface area contributed by atoms with Crippen LogP contribution in [-0.4, -0.2) is 38.5 Å². The number of nitro benzene ring substituents is 1. The number of non-ortho nitro benzene ring substituents is 1. The van der Waals surface area contributed by atoms with Gasteiger partial charge in [0.2, 0.25) is 11.8 Å². The Labute approximate surface area is 215 Å². The van der Waals surface area contributed by atoms with Gasteiger partial charge in [0, 0.05) is 24.6 Å². The van der Waals surface area contributed by atoms with Gasteiger partial charge in [0.1, 0.15) is 11.3 Å². The number of rotatable bonds is 6. The molecular formula is C27H20N4O7. The van der Waals surface area contributed by atoms with Crippen LogP contribution in [0.4, 0.5) is 11.4 Å². The first-order valence-electron chi connectivity index (χ1n) is 11.6. The lowest BCUT2D eigenvalue weighted by Gasteiger charge is -2.31. The Hall–Kier alpha value is -5.08. The van der Waals surface area contributed by atoms with Crippen molar-refractivity contribution in [2.75, 3.05) is 4.90 Å². The Morgan fingerprint density at radius 3 is 2.37 bits per heavy atom. The third-order valence-electron chi connectivity index (χ3n) is 7.15. The molecule has 0 bridgehead atoms. The van der Waals surface area contributed by atoms with Gasteiger partial charge in [-0.15, -0.1) is 0 Å². The second-order valence-electron chi connectivity index (χ2n) is 9.27. The molecule has 3 aromatic rings. The molecule has 5 rings (SSSR count). The van der Waals surface area contributed by atoms with E-state index in [1.807, 2.05) is 6.07 Å². The number of nitrogens with one attached hydrogen (secondary N) is 1. The van der Waals surface area contributed by atoms with Gasteiger partial charge in [-0.1, -0.05) is 30.3 Å². The third kappa shape index (κ3) is 3.84. The van der Waals surface area contributed by atoms with Crippen molar-refractivity contribution in [1.82, 2.24) is 5.32 Å². The first-order chi connectivity index (χ1) is 18.2. The van der Waals surface area contributed by atoms with E-state index in [9.17, 15) is 34.7 Å². The van der Waals surface area contributed by atoms with E-state index < -0.39 is 46.1 Å². The minimum Gasteiger partial charge on any atom is -0.508 e. The fourth-order valence-corrected chi connectivity index (χ4v) is 5.43. The average molecular weight is 512 g/mol. The van der Waals surface area contributed by atoms with Crippen molar-refractivity contribution < 1.29 is 29.5 Å². The molecule has 190 valence electrons. The maximum Gasteiger partial charge on any atom is 0.325 e. The van der Waals surface area contributed by atoms with Crippen molar-refractivity contribution in [3.63, 3.8) is 0 Å². The summed E-state index contributed by atoms with van der Waals surface area (Å²) < 4.78 is 0. The van der Waals surface area contributed by atoms with Gasteiger partial charge in [-0.05, 0) is 41.5 Å². The van der Waals surface area contributed by atoms with Crippen molar-refractivity contribution in [2.24, 2.45) is 11.8 Å². The number of hydrogen-bond donors (Lipinski definition) is 3. The monoisotopic (exact) mass is 512 g/mol. The highest BCUT2D eigenvalue weighted by Gasteiger charge is 2.68. The molecule has 38 heavy (non-hydrogen) atoms. The molecular weight excluding hydrogens is 492 g/mol. The normalized spacial score (nSPS) is 24.2. The number of carboxylic acid groups (broad SMARTS) is 1. The van der Waals surface area contributed by atoms with Crippen LogP contribution in [0.25, 0.3) is 0 Å². The molecule has 2 saturated heterocycles. The molecule has 0 aliphatic carbocycles. The number of benzene rings is 3. The van der Waals surface area contributed by atoms with Gasteiger partial charge in [0.15, 0.2) is 0 Å². The van der Waals surface area contributed by atoms with Crippen LogP contribution >= 0.6 is 0 Å². The zero-order valence-electron chi connectivity index (χ0n) is 19.6. The summed E-state index contributed by atoms with van der Waals surface area (Å²) in [7, 11) is 0. The number of nitro groups is 1. The van der Waals surface area contributed by atoms with Crippen LogP contribution in [0.1, 0.15) is 22.7 Å². The molecule has 0 spiro atoms. The number of aromatic hydroxyl groups is 1. The van der Waals surface area contributed by atoms with Crippen LogP contribution < -0.4 is 10.2 Å². The van der Waals surface area contributed by atoms with E-state index in [1.54, 1.807) is 12.1 Å². The van der Waals surface area contributed by atoms with Crippen LogP contribution in [0.5, 0.6) is 5.75 Å². The Kier molecular flexibility index (Phi) is 5.89. The topological polar surface area (TPSA) is 174 Å². The first kappa shape index (κ1) is 24.6. The number of carbonyl (C=O) groups excluding carboxylic acids is 2. The number of nitrogens with zero attached hydrogens (tertiary/aromatic N) is 3. The van der Waals surface area contributed by atoms with Crippen molar-refractivity contribution in [1.29, 1.82) is 5.26 Å². The number of carboxylic acids is 1. The summed E-state index contributed by atoms with van der Waals surface area (Å²) in [4.78, 5) is 52.1. The molecule has 2 fully saturated rings. The van der Waals surface area contributed by atoms with Gasteiger partial charge < -0.3 is 10.2 Å². The number of imide groups is 1. The third-order valence-corrected chi connectivity index (χ3v) is 7.15. The number of nitriles is 1. The summed E-state index contributed by atoms with van der Waals surface area (Å²) in [5, 5.41) is 43.7. The van der Waals surface area contributed by atoms with E-state index >= 15 is 0 Å². The van der Waals surface area contributed by atoms with Gasteiger partial charge >= 0.3 is 5.97 Å². The first-order valence-corrected chi connectivity index (χ1v) is 11.6. The SMILES string of the molecule is N#Cc1ccc(C2NC(Cc3ccc(O)cc3)(C(=O)O)C3C(=O)N(c4cccc([N+](=O)[O-])c4)C(=O)C23)cc1. The summed E-state index contributed by atoms with van der Waals surface area (Å²) in [5.41, 5.74) is -0.881. The molecule has 11 heteroatoms. The number of fused-ring (bicyclic) bond motifs is 1. The van der Waals surface area contributed by atoms with Crippen LogP contribution in [-0.2, 0) is 20.8 Å². The van der Waals surface area contributed by atoms with Gasteiger partial charge in [-0.25, -0.2) is 4.90 Å². The molecule has 2 heterocycles. The highest BCUT2D eigenvalue weighted by atomic mass is 16.6. The van der Waals surface area contributed by atoms with E-state index in [2.05, 4.69) is 5.32 Å². The summed E-state index contributed by atoms with van der Waals surface area (Å²) >= 11 is 0. The van der Waals surface area contributed by atoms with Gasteiger partial charge in [-0.3, -0.25) is 29.8 Å². The Bertz CT molecular complexity index is 1510. The fourth-order valence-electron chi connectivity index (χ4n) is 5.43.